The zero-order valence-electron chi connectivity index (χ0n) is 7.62. The minimum atomic E-state index is -4.64. The summed E-state index contributed by atoms with van der Waals surface area (Å²) in [7, 11) is -4.20. The van der Waals surface area contributed by atoms with Gasteiger partial charge in [0.1, 0.15) is 6.07 Å². The Hall–Kier alpha value is -1.59. The number of rotatable bonds is 1. The highest BCUT2D eigenvalue weighted by molar-refractivity contribution is 7.89. The molecule has 0 bridgehead atoms. The summed E-state index contributed by atoms with van der Waals surface area (Å²) in [5, 5.41) is 13.3. The third-order valence-corrected chi connectivity index (χ3v) is 2.70. The van der Waals surface area contributed by atoms with Crippen molar-refractivity contribution < 1.29 is 21.6 Å². The molecule has 8 heteroatoms. The lowest BCUT2D eigenvalue weighted by atomic mass is 10.1. The van der Waals surface area contributed by atoms with E-state index in [0.29, 0.717) is 18.2 Å². The summed E-state index contributed by atoms with van der Waals surface area (Å²) < 4.78 is 58.6. The predicted octanol–water partition coefficient (Wildman–Crippen LogP) is 1.22. The Balaban J connectivity index is 3.48. The van der Waals surface area contributed by atoms with Gasteiger partial charge in [0.15, 0.2) is 0 Å². The van der Waals surface area contributed by atoms with Crippen molar-refractivity contribution in [2.24, 2.45) is 5.14 Å². The van der Waals surface area contributed by atoms with E-state index in [9.17, 15) is 21.6 Å². The van der Waals surface area contributed by atoms with Gasteiger partial charge in [-0.2, -0.15) is 18.4 Å². The molecule has 0 saturated carbocycles. The second-order valence-electron chi connectivity index (χ2n) is 2.87. The first-order valence-corrected chi connectivity index (χ1v) is 5.35. The molecule has 0 radical (unpaired) electrons. The first kappa shape index (κ1) is 12.5. The molecule has 1 aromatic rings. The van der Waals surface area contributed by atoms with Crippen LogP contribution in [-0.4, -0.2) is 8.42 Å². The van der Waals surface area contributed by atoms with Crippen molar-refractivity contribution in [3.8, 4) is 6.07 Å². The van der Waals surface area contributed by atoms with Crippen LogP contribution in [0.3, 0.4) is 0 Å². The molecule has 0 aliphatic carbocycles. The molecule has 1 aromatic carbocycles. The van der Waals surface area contributed by atoms with Crippen LogP contribution in [0.2, 0.25) is 0 Å². The molecule has 0 fully saturated rings. The largest absolute Gasteiger partial charge is 0.416 e. The molecule has 1 rings (SSSR count). The van der Waals surface area contributed by atoms with Gasteiger partial charge in [-0.15, -0.1) is 0 Å². The van der Waals surface area contributed by atoms with Gasteiger partial charge in [0.25, 0.3) is 0 Å². The highest BCUT2D eigenvalue weighted by Gasteiger charge is 2.31. The highest BCUT2D eigenvalue weighted by atomic mass is 32.2. The quantitative estimate of drug-likeness (QED) is 0.813. The molecule has 0 aliphatic heterocycles. The Morgan fingerprint density at radius 1 is 1.31 bits per heavy atom. The van der Waals surface area contributed by atoms with Gasteiger partial charge in [0.05, 0.1) is 16.0 Å². The molecule has 0 saturated heterocycles. The van der Waals surface area contributed by atoms with Crippen molar-refractivity contribution in [2.45, 2.75) is 11.1 Å². The van der Waals surface area contributed by atoms with Crippen LogP contribution in [-0.2, 0) is 16.2 Å². The number of nitrogens with zero attached hydrogens (tertiary/aromatic N) is 1. The lowest BCUT2D eigenvalue weighted by Gasteiger charge is -2.08. The molecule has 2 N–H and O–H groups in total. The monoisotopic (exact) mass is 250 g/mol. The van der Waals surface area contributed by atoms with Crippen LogP contribution in [0.1, 0.15) is 11.1 Å². The van der Waals surface area contributed by atoms with Gasteiger partial charge >= 0.3 is 6.18 Å². The van der Waals surface area contributed by atoms with E-state index in [0.717, 1.165) is 0 Å². The normalized spacial score (nSPS) is 12.2. The van der Waals surface area contributed by atoms with Crippen LogP contribution in [0.4, 0.5) is 13.2 Å². The number of alkyl halides is 3. The number of nitrogens with two attached hydrogens (primary N) is 1. The molecule has 0 amide bonds. The van der Waals surface area contributed by atoms with E-state index in [-0.39, 0.29) is 0 Å². The number of sulfonamides is 1. The van der Waals surface area contributed by atoms with Gasteiger partial charge in [-0.05, 0) is 18.2 Å². The van der Waals surface area contributed by atoms with Gasteiger partial charge in [0, 0.05) is 0 Å². The summed E-state index contributed by atoms with van der Waals surface area (Å²) >= 11 is 0. The molecular weight excluding hydrogens is 245 g/mol. The van der Waals surface area contributed by atoms with Crippen LogP contribution in [0.5, 0.6) is 0 Å². The minimum Gasteiger partial charge on any atom is -0.225 e. The number of nitriles is 1. The van der Waals surface area contributed by atoms with Crippen molar-refractivity contribution in [2.75, 3.05) is 0 Å². The Morgan fingerprint density at radius 2 is 1.88 bits per heavy atom. The maximum absolute atomic E-state index is 12.2. The third kappa shape index (κ3) is 2.50. The smallest absolute Gasteiger partial charge is 0.225 e. The number of hydrogen-bond acceptors (Lipinski definition) is 3. The van der Waals surface area contributed by atoms with E-state index < -0.39 is 32.2 Å². The molecule has 0 aromatic heterocycles. The minimum absolute atomic E-state index is 0.444. The van der Waals surface area contributed by atoms with Crippen LogP contribution in [0, 0.1) is 11.3 Å². The summed E-state index contributed by atoms with van der Waals surface area (Å²) in [5.74, 6) is 0. The summed E-state index contributed by atoms with van der Waals surface area (Å²) in [4.78, 5) is -0.622. The van der Waals surface area contributed by atoms with Crippen molar-refractivity contribution in [3.63, 3.8) is 0 Å². The van der Waals surface area contributed by atoms with Gasteiger partial charge < -0.3 is 0 Å². The first-order chi connectivity index (χ1) is 7.16. The number of halogens is 3. The summed E-state index contributed by atoms with van der Waals surface area (Å²) in [6.45, 7) is 0. The zero-order chi connectivity index (χ0) is 12.6. The van der Waals surface area contributed by atoms with E-state index in [1.807, 2.05) is 0 Å². The highest BCUT2D eigenvalue weighted by Crippen LogP contribution is 2.31. The number of hydrogen-bond donors (Lipinski definition) is 1. The van der Waals surface area contributed by atoms with Crippen molar-refractivity contribution in [3.05, 3.63) is 29.3 Å². The topological polar surface area (TPSA) is 83.9 Å². The molecule has 0 atom stereocenters. The molecule has 16 heavy (non-hydrogen) atoms. The first-order valence-electron chi connectivity index (χ1n) is 3.80. The Kier molecular flexibility index (Phi) is 2.94. The molecule has 0 unspecified atom stereocenters. The molecule has 4 nitrogen and oxygen atoms in total. The molecule has 0 heterocycles. The van der Waals surface area contributed by atoms with E-state index in [1.165, 1.54) is 6.07 Å². The van der Waals surface area contributed by atoms with Crippen LogP contribution in [0.15, 0.2) is 23.1 Å². The van der Waals surface area contributed by atoms with Crippen LogP contribution < -0.4 is 5.14 Å². The Morgan fingerprint density at radius 3 is 2.25 bits per heavy atom. The Labute approximate surface area is 89.2 Å². The second kappa shape index (κ2) is 3.77. The second-order valence-corrected chi connectivity index (χ2v) is 4.40. The SMILES string of the molecule is N#Cc1cc(C(F)(F)F)ccc1S(N)(=O)=O. The fourth-order valence-electron chi connectivity index (χ4n) is 1.04. The average molecular weight is 250 g/mol. The maximum Gasteiger partial charge on any atom is 0.416 e. The average Bonchev–Trinajstić information content (AvgIpc) is 2.14. The summed E-state index contributed by atoms with van der Waals surface area (Å²) in [5.41, 5.74) is -1.73. The number of benzene rings is 1. The fraction of sp³-hybridized carbons (Fsp3) is 0.125. The summed E-state index contributed by atoms with van der Waals surface area (Å²) in [6, 6.07) is 3.02. The molecule has 0 spiro atoms. The van der Waals surface area contributed by atoms with Gasteiger partial charge in [-0.3, -0.25) is 0 Å². The van der Waals surface area contributed by atoms with Gasteiger partial charge in [0.2, 0.25) is 10.0 Å². The summed E-state index contributed by atoms with van der Waals surface area (Å²) in [6.07, 6.45) is -4.64. The zero-order valence-corrected chi connectivity index (χ0v) is 8.43. The standard InChI is InChI=1S/C8H5F3N2O2S/c9-8(10,11)6-1-2-7(16(13,14)15)5(3-6)4-12/h1-3H,(H2,13,14,15). The lowest BCUT2D eigenvalue weighted by Crippen LogP contribution is -2.15. The lowest BCUT2D eigenvalue weighted by molar-refractivity contribution is -0.137. The van der Waals surface area contributed by atoms with E-state index in [4.69, 9.17) is 10.4 Å². The van der Waals surface area contributed by atoms with Gasteiger partial charge in [-0.1, -0.05) is 0 Å². The van der Waals surface area contributed by atoms with Crippen molar-refractivity contribution in [1.29, 1.82) is 5.26 Å². The number of primary sulfonamides is 1. The van der Waals surface area contributed by atoms with Gasteiger partial charge in [-0.25, -0.2) is 13.6 Å². The van der Waals surface area contributed by atoms with Crippen molar-refractivity contribution >= 4 is 10.0 Å². The van der Waals surface area contributed by atoms with Crippen LogP contribution in [0.25, 0.3) is 0 Å². The van der Waals surface area contributed by atoms with E-state index >= 15 is 0 Å². The van der Waals surface area contributed by atoms with E-state index in [1.54, 1.807) is 0 Å². The van der Waals surface area contributed by atoms with Crippen molar-refractivity contribution in [1.82, 2.24) is 0 Å². The fourth-order valence-corrected chi connectivity index (χ4v) is 1.71. The predicted molar refractivity (Wildman–Crippen MR) is 47.5 cm³/mol. The molecule has 86 valence electrons. The molecular formula is C8H5F3N2O2S. The Bertz CT molecular complexity index is 558. The van der Waals surface area contributed by atoms with Crippen LogP contribution >= 0.6 is 0 Å². The molecule has 0 aliphatic rings. The third-order valence-electron chi connectivity index (χ3n) is 1.73. The maximum atomic E-state index is 12.2. The van der Waals surface area contributed by atoms with E-state index in [2.05, 4.69) is 0 Å².